The molecule has 0 unspecified atom stereocenters. The third kappa shape index (κ3) is 4.43. The summed E-state index contributed by atoms with van der Waals surface area (Å²) in [5.41, 5.74) is 1.70. The van der Waals surface area contributed by atoms with Crippen molar-refractivity contribution >= 4 is 21.8 Å². The Morgan fingerprint density at radius 3 is 2.17 bits per heavy atom. The van der Waals surface area contributed by atoms with Gasteiger partial charge in [-0.05, 0) is 31.0 Å². The number of carbonyl (C=O) groups is 2. The predicted octanol–water partition coefficient (Wildman–Crippen LogP) is 2.45. The Morgan fingerprint density at radius 1 is 1.00 bits per heavy atom. The standard InChI is InChI=1S/C26H30O9S/c1-16-10-12-18(13-11-16)36(29,30)26-14-19(26)35-25(33-4)22(34-15-17-8-6-5-7-9-17)21(26)20(23(27)31-2)24(28)32-3/h5-13,19-22,25H,14-15H2,1-4H3/t19-,21-,22-,25+,26-/m1/s1. The van der Waals surface area contributed by atoms with Crippen LogP contribution in [-0.4, -0.2) is 64.9 Å². The lowest BCUT2D eigenvalue weighted by Crippen LogP contribution is -2.59. The van der Waals surface area contributed by atoms with Gasteiger partial charge in [0.05, 0.1) is 31.8 Å². The molecule has 1 aliphatic carbocycles. The molecule has 0 radical (unpaired) electrons. The molecule has 5 atom stereocenters. The first kappa shape index (κ1) is 26.3. The number of carbonyl (C=O) groups excluding carboxylic acids is 2. The summed E-state index contributed by atoms with van der Waals surface area (Å²) in [6, 6.07) is 15.6. The van der Waals surface area contributed by atoms with Crippen molar-refractivity contribution in [3.63, 3.8) is 0 Å². The Bertz CT molecular complexity index is 1180. The van der Waals surface area contributed by atoms with Crippen LogP contribution in [0, 0.1) is 18.8 Å². The molecule has 0 bridgehead atoms. The highest BCUT2D eigenvalue weighted by Gasteiger charge is 2.77. The molecular weight excluding hydrogens is 488 g/mol. The average molecular weight is 519 g/mol. The van der Waals surface area contributed by atoms with Gasteiger partial charge in [-0.25, -0.2) is 8.42 Å². The molecule has 2 aliphatic rings. The van der Waals surface area contributed by atoms with Crippen LogP contribution in [0.3, 0.4) is 0 Å². The highest BCUT2D eigenvalue weighted by atomic mass is 32.2. The van der Waals surface area contributed by atoms with E-state index in [4.69, 9.17) is 23.7 Å². The summed E-state index contributed by atoms with van der Waals surface area (Å²) in [7, 11) is -0.436. The average Bonchev–Trinajstić information content (AvgIpc) is 3.64. The molecule has 2 fully saturated rings. The van der Waals surface area contributed by atoms with Gasteiger partial charge < -0.3 is 23.7 Å². The van der Waals surface area contributed by atoms with E-state index in [1.165, 1.54) is 19.2 Å². The lowest BCUT2D eigenvalue weighted by Gasteiger charge is -2.43. The maximum atomic E-state index is 14.1. The van der Waals surface area contributed by atoms with Gasteiger partial charge in [0.15, 0.2) is 22.0 Å². The van der Waals surface area contributed by atoms with Crippen LogP contribution in [0.4, 0.5) is 0 Å². The Labute approximate surface area is 210 Å². The number of aryl methyl sites for hydroxylation is 1. The summed E-state index contributed by atoms with van der Waals surface area (Å²) in [6.45, 7) is 1.92. The van der Waals surface area contributed by atoms with Gasteiger partial charge in [-0.1, -0.05) is 48.0 Å². The van der Waals surface area contributed by atoms with Crippen LogP contribution in [0.2, 0.25) is 0 Å². The van der Waals surface area contributed by atoms with E-state index >= 15 is 0 Å². The topological polar surface area (TPSA) is 114 Å². The van der Waals surface area contributed by atoms with Gasteiger partial charge in [0.25, 0.3) is 0 Å². The maximum absolute atomic E-state index is 14.1. The third-order valence-corrected chi connectivity index (χ3v) is 9.59. The molecule has 2 aromatic rings. The van der Waals surface area contributed by atoms with Crippen molar-refractivity contribution in [3.8, 4) is 0 Å². The number of benzene rings is 2. The van der Waals surface area contributed by atoms with Gasteiger partial charge in [-0.3, -0.25) is 9.59 Å². The lowest BCUT2D eigenvalue weighted by atomic mass is 9.81. The lowest BCUT2D eigenvalue weighted by molar-refractivity contribution is -0.245. The van der Waals surface area contributed by atoms with Crippen LogP contribution in [0.15, 0.2) is 59.5 Å². The predicted molar refractivity (Wildman–Crippen MR) is 127 cm³/mol. The Hall–Kier alpha value is -2.79. The van der Waals surface area contributed by atoms with E-state index in [0.29, 0.717) is 0 Å². The smallest absolute Gasteiger partial charge is 0.320 e. The SMILES string of the molecule is COC(=O)C(C(=O)OC)[C@@H]1[C@@H](OCc2ccccc2)[C@@H](OC)O[C@@H]2C[C@]12S(=O)(=O)c1ccc(C)cc1. The van der Waals surface area contributed by atoms with Crippen molar-refractivity contribution < 1.29 is 41.7 Å². The summed E-state index contributed by atoms with van der Waals surface area (Å²) < 4.78 is 54.3. The highest BCUT2D eigenvalue weighted by molar-refractivity contribution is 7.93. The summed E-state index contributed by atoms with van der Waals surface area (Å²) in [6.07, 6.45) is -2.88. The zero-order valence-electron chi connectivity index (χ0n) is 20.6. The van der Waals surface area contributed by atoms with E-state index in [1.54, 1.807) is 12.1 Å². The molecule has 1 heterocycles. The molecule has 0 amide bonds. The first-order valence-corrected chi connectivity index (χ1v) is 13.0. The number of ether oxygens (including phenoxy) is 5. The van der Waals surface area contributed by atoms with Gasteiger partial charge in [0, 0.05) is 13.0 Å². The summed E-state index contributed by atoms with van der Waals surface area (Å²) in [5.74, 6) is -4.61. The molecule has 1 saturated carbocycles. The minimum Gasteiger partial charge on any atom is -0.468 e. The fourth-order valence-electron chi connectivity index (χ4n) is 5.08. The minimum absolute atomic E-state index is 0.0590. The monoisotopic (exact) mass is 518 g/mol. The molecule has 4 rings (SSSR count). The molecule has 1 aliphatic heterocycles. The van der Waals surface area contributed by atoms with E-state index in [0.717, 1.165) is 25.3 Å². The summed E-state index contributed by atoms with van der Waals surface area (Å²) in [5, 5.41) is 0. The largest absolute Gasteiger partial charge is 0.468 e. The van der Waals surface area contributed by atoms with Crippen molar-refractivity contribution in [1.29, 1.82) is 0 Å². The second-order valence-corrected chi connectivity index (χ2v) is 11.3. The van der Waals surface area contributed by atoms with E-state index in [2.05, 4.69) is 0 Å². The number of sulfone groups is 1. The van der Waals surface area contributed by atoms with E-state index in [9.17, 15) is 18.0 Å². The van der Waals surface area contributed by atoms with Crippen molar-refractivity contribution in [1.82, 2.24) is 0 Å². The van der Waals surface area contributed by atoms with E-state index < -0.39 is 56.9 Å². The van der Waals surface area contributed by atoms with Gasteiger partial charge in [0.2, 0.25) is 0 Å². The Kier molecular flexibility index (Phi) is 7.51. The third-order valence-electron chi connectivity index (χ3n) is 6.99. The van der Waals surface area contributed by atoms with Crippen LogP contribution in [0.5, 0.6) is 0 Å². The molecule has 0 N–H and O–H groups in total. The molecule has 9 nitrogen and oxygen atoms in total. The Balaban J connectivity index is 1.84. The molecular formula is C26H30O9S. The van der Waals surface area contributed by atoms with Gasteiger partial charge in [-0.2, -0.15) is 0 Å². The van der Waals surface area contributed by atoms with Crippen molar-refractivity contribution in [2.24, 2.45) is 11.8 Å². The Morgan fingerprint density at radius 2 is 1.61 bits per heavy atom. The number of hydrogen-bond donors (Lipinski definition) is 0. The first-order chi connectivity index (χ1) is 17.2. The van der Waals surface area contributed by atoms with E-state index in [1.807, 2.05) is 37.3 Å². The maximum Gasteiger partial charge on any atom is 0.320 e. The number of esters is 2. The van der Waals surface area contributed by atoms with Crippen LogP contribution in [0.1, 0.15) is 17.5 Å². The minimum atomic E-state index is -4.11. The van der Waals surface area contributed by atoms with Gasteiger partial charge in [-0.15, -0.1) is 0 Å². The van der Waals surface area contributed by atoms with E-state index in [-0.39, 0.29) is 17.9 Å². The molecule has 1 saturated heterocycles. The quantitative estimate of drug-likeness (QED) is 0.365. The summed E-state index contributed by atoms with van der Waals surface area (Å²) in [4.78, 5) is 26.0. The zero-order chi connectivity index (χ0) is 26.1. The molecule has 2 aromatic carbocycles. The summed E-state index contributed by atoms with van der Waals surface area (Å²) >= 11 is 0. The van der Waals surface area contributed by atoms with Crippen molar-refractivity contribution in [2.75, 3.05) is 21.3 Å². The van der Waals surface area contributed by atoms with Crippen molar-refractivity contribution in [2.45, 2.75) is 48.1 Å². The first-order valence-electron chi connectivity index (χ1n) is 11.5. The van der Waals surface area contributed by atoms with Crippen molar-refractivity contribution in [3.05, 3.63) is 65.7 Å². The van der Waals surface area contributed by atoms with Gasteiger partial charge in [0.1, 0.15) is 10.9 Å². The highest BCUT2D eigenvalue weighted by Crippen LogP contribution is 2.61. The van der Waals surface area contributed by atoms with Crippen LogP contribution < -0.4 is 0 Å². The van der Waals surface area contributed by atoms with Crippen LogP contribution in [0.25, 0.3) is 0 Å². The normalized spacial score (nSPS) is 27.2. The zero-order valence-corrected chi connectivity index (χ0v) is 21.4. The van der Waals surface area contributed by atoms with Crippen LogP contribution >= 0.6 is 0 Å². The number of fused-ring (bicyclic) bond motifs is 1. The number of methoxy groups -OCH3 is 3. The second-order valence-electron chi connectivity index (χ2n) is 9.02. The van der Waals surface area contributed by atoms with Crippen LogP contribution in [-0.2, 0) is 49.7 Å². The molecule has 194 valence electrons. The molecule has 0 aromatic heterocycles. The fraction of sp³-hybridized carbons (Fsp3) is 0.462. The second kappa shape index (κ2) is 10.3. The number of hydrogen-bond acceptors (Lipinski definition) is 9. The molecule has 0 spiro atoms. The van der Waals surface area contributed by atoms with Gasteiger partial charge >= 0.3 is 11.9 Å². The molecule has 36 heavy (non-hydrogen) atoms. The number of rotatable bonds is 9. The fourth-order valence-corrected chi connectivity index (χ4v) is 7.42. The molecule has 10 heteroatoms.